The van der Waals surface area contributed by atoms with Gasteiger partial charge in [0.1, 0.15) is 0 Å². The largest absolute Gasteiger partial charge is 0.311 e. The Hall–Kier alpha value is -11.5. The summed E-state index contributed by atoms with van der Waals surface area (Å²) in [4.78, 5) is 7.85. The molecule has 0 bridgehead atoms. The number of nitrogens with zero attached hydrogens (tertiary/aromatic N) is 3. The summed E-state index contributed by atoms with van der Waals surface area (Å²) >= 11 is 1.98. The highest BCUT2D eigenvalue weighted by Gasteiger charge is 2.47. The summed E-state index contributed by atoms with van der Waals surface area (Å²) in [6.45, 7) is 20.9. The molecule has 0 saturated carbocycles. The third-order valence-corrected chi connectivity index (χ3v) is 22.3. The van der Waals surface area contributed by atoms with Gasteiger partial charge in [-0.2, -0.15) is 0 Å². The fourth-order valence-electron chi connectivity index (χ4n) is 15.8. The van der Waals surface area contributed by atoms with Crippen LogP contribution in [-0.4, -0.2) is 6.71 Å². The normalized spacial score (nSPS) is 12.7. The van der Waals surface area contributed by atoms with Crippen molar-refractivity contribution in [1.29, 1.82) is 0 Å². The molecule has 5 heteroatoms. The molecule has 498 valence electrons. The first kappa shape index (κ1) is 64.9. The summed E-state index contributed by atoms with van der Waals surface area (Å²) in [5.74, 6) is 0. The van der Waals surface area contributed by atoms with Gasteiger partial charge in [-0.3, -0.25) is 0 Å². The average molecular weight is 1340 g/mol. The molecule has 0 unspecified atom stereocenters. The minimum Gasteiger partial charge on any atom is -0.311 e. The highest BCUT2D eigenvalue weighted by molar-refractivity contribution is 7.33. The van der Waals surface area contributed by atoms with Crippen LogP contribution in [0.25, 0.3) is 88.0 Å². The maximum Gasteiger partial charge on any atom is 0.264 e. The number of anilines is 9. The zero-order valence-corrected chi connectivity index (χ0v) is 60.9. The van der Waals surface area contributed by atoms with E-state index >= 15 is 0 Å². The second-order valence-electron chi connectivity index (χ2n) is 30.8. The molecule has 0 spiro atoms. The predicted octanol–water partition coefficient (Wildman–Crippen LogP) is 26.0. The van der Waals surface area contributed by atoms with E-state index in [1.165, 1.54) is 92.9 Å². The van der Waals surface area contributed by atoms with Crippen molar-refractivity contribution in [3.8, 4) is 77.9 Å². The van der Waals surface area contributed by atoms with Crippen molar-refractivity contribution in [3.63, 3.8) is 0 Å². The van der Waals surface area contributed by atoms with Gasteiger partial charge in [-0.05, 0) is 189 Å². The van der Waals surface area contributed by atoms with Gasteiger partial charge in [-0.15, -0.1) is 11.3 Å². The lowest BCUT2D eigenvalue weighted by Gasteiger charge is -2.45. The molecule has 15 aromatic rings. The lowest BCUT2D eigenvalue weighted by atomic mass is 9.36. The Morgan fingerprint density at radius 3 is 1.36 bits per heavy atom. The summed E-state index contributed by atoms with van der Waals surface area (Å²) in [6.07, 6.45) is 0. The number of fused-ring (bicyclic) bond motifs is 6. The van der Waals surface area contributed by atoms with Crippen LogP contribution in [0, 0.1) is 0 Å². The van der Waals surface area contributed by atoms with Crippen LogP contribution >= 0.6 is 11.3 Å². The van der Waals surface area contributed by atoms with Gasteiger partial charge in [0.2, 0.25) is 0 Å². The van der Waals surface area contributed by atoms with Crippen LogP contribution in [0.1, 0.15) is 79.0 Å². The lowest BCUT2D eigenvalue weighted by molar-refractivity contribution is 0.590. The molecule has 3 nitrogen and oxygen atoms in total. The average Bonchev–Trinajstić information content (AvgIpc) is 1.67. The minimum absolute atomic E-state index is 0.0239. The van der Waals surface area contributed by atoms with E-state index in [0.717, 1.165) is 78.6 Å². The Bertz CT molecular complexity index is 5680. The monoisotopic (exact) mass is 1340 g/mol. The van der Waals surface area contributed by atoms with Crippen LogP contribution in [0.2, 0.25) is 0 Å². The number of benzene rings is 14. The summed E-state index contributed by atoms with van der Waals surface area (Å²) < 4.78 is 2.59. The molecule has 17 rings (SSSR count). The van der Waals surface area contributed by atoms with E-state index in [-0.39, 0.29) is 23.0 Å². The molecule has 0 N–H and O–H groups in total. The van der Waals surface area contributed by atoms with Gasteiger partial charge >= 0.3 is 0 Å². The summed E-state index contributed by atoms with van der Waals surface area (Å²) in [5, 5.41) is 1.24. The molecule has 0 fully saturated rings. The molecule has 2 aliphatic heterocycles. The quantitative estimate of drug-likeness (QED) is 0.113. The van der Waals surface area contributed by atoms with Gasteiger partial charge in [-0.1, -0.05) is 317 Å². The van der Waals surface area contributed by atoms with Crippen molar-refractivity contribution in [3.05, 3.63) is 350 Å². The first-order valence-corrected chi connectivity index (χ1v) is 37.1. The Labute approximate surface area is 612 Å². The molecule has 0 saturated heterocycles. The van der Waals surface area contributed by atoms with Crippen LogP contribution in [0.4, 0.5) is 51.2 Å². The molecule has 0 atom stereocenters. The lowest BCUT2D eigenvalue weighted by Crippen LogP contribution is -2.60. The molecule has 103 heavy (non-hydrogen) atoms. The Morgan fingerprint density at radius 2 is 0.767 bits per heavy atom. The molecule has 2 aliphatic rings. The maximum atomic E-state index is 2.75. The van der Waals surface area contributed by atoms with Crippen molar-refractivity contribution >= 4 is 95.0 Å². The first-order chi connectivity index (χ1) is 50.0. The molecule has 0 aliphatic carbocycles. The fraction of sp³-hybridized carbons (Fsp3) is 0.122. The molecule has 14 aromatic carbocycles. The van der Waals surface area contributed by atoms with Gasteiger partial charge in [0.25, 0.3) is 6.71 Å². The highest BCUT2D eigenvalue weighted by Crippen LogP contribution is 2.56. The molecule has 1 aromatic heterocycles. The second-order valence-corrected chi connectivity index (χ2v) is 31.9. The van der Waals surface area contributed by atoms with Crippen LogP contribution in [0.15, 0.2) is 334 Å². The number of para-hydroxylation sites is 2. The van der Waals surface area contributed by atoms with Crippen molar-refractivity contribution in [2.24, 2.45) is 0 Å². The van der Waals surface area contributed by atoms with Crippen molar-refractivity contribution in [2.45, 2.75) is 78.6 Å². The molecule has 0 radical (unpaired) electrons. The number of thiophene rings is 1. The van der Waals surface area contributed by atoms with Crippen molar-refractivity contribution < 1.29 is 0 Å². The number of rotatable bonds is 12. The van der Waals surface area contributed by atoms with Crippen LogP contribution < -0.4 is 30.4 Å². The minimum atomic E-state index is -0.289. The standard InChI is InChI=1S/C98H82BN3S/c1-96(2,3)71-50-53-75(54-51-71)100(87-49-30-29-46-79(87)68-38-21-13-22-39-68)76-55-57-86-89(62-76)101(74-42-23-14-24-43-74)90-59-73(98(7,8)9)60-91-93(90)99(86)95-94(82-56-52-72(97(4,5)6)61-92(82)103-95)102(91)88-64-84(80-47-27-25-44-77(80)66-34-17-11-18-35-66)83(70-41-31-40-69(58-70)65-32-15-10-16-33-65)63-85(88)81-48-28-26-45-78(81)67-36-19-12-20-37-67/h10-64H,1-9H3. The van der Waals surface area contributed by atoms with Crippen molar-refractivity contribution in [1.82, 2.24) is 0 Å². The molecule has 0 amide bonds. The summed E-state index contributed by atoms with van der Waals surface area (Å²) in [7, 11) is 0. The van der Waals surface area contributed by atoms with Crippen LogP contribution in [-0.2, 0) is 16.2 Å². The zero-order chi connectivity index (χ0) is 70.3. The SMILES string of the molecule is CC(C)(C)c1ccc(N(c2ccc3c(c2)N(c2ccccc2)c2cc(C(C)(C)C)cc4c2B3c2sc3cc(C(C)(C)C)ccc3c2N4c2cc(-c3ccccc3-c3ccccc3)c(-c3cccc(-c4ccccc4)c3)cc2-c2ccccc2-c2ccccc2)c2ccccc2-c2ccccc2)cc1. The van der Waals surface area contributed by atoms with Crippen molar-refractivity contribution in [2.75, 3.05) is 14.7 Å². The second kappa shape index (κ2) is 25.8. The molecular weight excluding hydrogens is 1260 g/mol. The smallest absolute Gasteiger partial charge is 0.264 e. The van der Waals surface area contributed by atoms with Crippen LogP contribution in [0.5, 0.6) is 0 Å². The predicted molar refractivity (Wildman–Crippen MR) is 445 cm³/mol. The Kier molecular flexibility index (Phi) is 16.3. The maximum absolute atomic E-state index is 2.75. The van der Waals surface area contributed by atoms with E-state index in [2.05, 4.69) is 411 Å². The molecular formula is C98H82BN3S. The number of hydrogen-bond acceptors (Lipinski definition) is 4. The number of hydrogen-bond donors (Lipinski definition) is 0. The summed E-state index contributed by atoms with van der Waals surface area (Å²) in [5.41, 5.74) is 32.4. The van der Waals surface area contributed by atoms with Gasteiger partial charge in [0, 0.05) is 60.1 Å². The third kappa shape index (κ3) is 11.8. The zero-order valence-electron chi connectivity index (χ0n) is 60.1. The van der Waals surface area contributed by atoms with Crippen LogP contribution in [0.3, 0.4) is 0 Å². The Morgan fingerprint density at radius 1 is 0.291 bits per heavy atom. The van der Waals surface area contributed by atoms with E-state index in [1.54, 1.807) is 0 Å². The fourth-order valence-corrected chi connectivity index (χ4v) is 17.2. The van der Waals surface area contributed by atoms with E-state index in [4.69, 9.17) is 0 Å². The topological polar surface area (TPSA) is 9.72 Å². The van der Waals surface area contributed by atoms with Gasteiger partial charge in [0.15, 0.2) is 0 Å². The van der Waals surface area contributed by atoms with E-state index in [9.17, 15) is 0 Å². The third-order valence-electron chi connectivity index (χ3n) is 21.1. The molecule has 3 heterocycles. The summed E-state index contributed by atoms with van der Waals surface area (Å²) in [6, 6.07) is 126. The van der Waals surface area contributed by atoms with Gasteiger partial charge in [0.05, 0.1) is 17.1 Å². The Balaban J connectivity index is 1.00. The van der Waals surface area contributed by atoms with Gasteiger partial charge < -0.3 is 14.7 Å². The van der Waals surface area contributed by atoms with E-state index in [1.807, 2.05) is 11.3 Å². The highest BCUT2D eigenvalue weighted by atomic mass is 32.1. The van der Waals surface area contributed by atoms with E-state index in [0.29, 0.717) is 0 Å². The first-order valence-electron chi connectivity index (χ1n) is 36.3. The van der Waals surface area contributed by atoms with E-state index < -0.39 is 0 Å². The van der Waals surface area contributed by atoms with Gasteiger partial charge in [-0.25, -0.2) is 0 Å².